The molecule has 2 nitrogen and oxygen atoms in total. The number of aryl methyl sites for hydroxylation is 1. The zero-order chi connectivity index (χ0) is 15.2. The Labute approximate surface area is 128 Å². The van der Waals surface area contributed by atoms with E-state index in [0.717, 1.165) is 37.5 Å². The first-order valence-electron chi connectivity index (χ1n) is 8.25. The molecule has 1 aromatic carbocycles. The molecular formula is C18H28FNO. The van der Waals surface area contributed by atoms with Gasteiger partial charge in [-0.25, -0.2) is 4.39 Å². The Morgan fingerprint density at radius 3 is 2.71 bits per heavy atom. The second-order valence-corrected chi connectivity index (χ2v) is 6.17. The van der Waals surface area contributed by atoms with Crippen LogP contribution in [-0.2, 0) is 4.74 Å². The number of nitrogens with one attached hydrogen (secondary N) is 1. The third-order valence-electron chi connectivity index (χ3n) is 4.39. The van der Waals surface area contributed by atoms with E-state index < -0.39 is 0 Å². The highest BCUT2D eigenvalue weighted by atomic mass is 19.1. The number of hydrogen-bond acceptors (Lipinski definition) is 2. The smallest absolute Gasteiger partial charge is 0.126 e. The molecule has 0 radical (unpaired) electrons. The van der Waals surface area contributed by atoms with Gasteiger partial charge in [-0.2, -0.15) is 0 Å². The molecule has 0 aromatic heterocycles. The van der Waals surface area contributed by atoms with Gasteiger partial charge in [0.1, 0.15) is 5.82 Å². The summed E-state index contributed by atoms with van der Waals surface area (Å²) in [5.74, 6) is 0.606. The molecule has 0 saturated heterocycles. The molecule has 21 heavy (non-hydrogen) atoms. The Hall–Kier alpha value is -0.930. The molecule has 1 unspecified atom stereocenters. The maximum Gasteiger partial charge on any atom is 0.126 e. The summed E-state index contributed by atoms with van der Waals surface area (Å²) in [7, 11) is 0. The molecule has 0 bridgehead atoms. The lowest BCUT2D eigenvalue weighted by Crippen LogP contribution is -2.35. The van der Waals surface area contributed by atoms with Gasteiger partial charge in [-0.15, -0.1) is 0 Å². The fourth-order valence-corrected chi connectivity index (χ4v) is 3.11. The van der Waals surface area contributed by atoms with Crippen LogP contribution in [0.25, 0.3) is 0 Å². The van der Waals surface area contributed by atoms with E-state index in [-0.39, 0.29) is 5.82 Å². The van der Waals surface area contributed by atoms with Crippen molar-refractivity contribution >= 4 is 0 Å². The first-order valence-corrected chi connectivity index (χ1v) is 8.25. The van der Waals surface area contributed by atoms with Crippen molar-refractivity contribution in [1.82, 2.24) is 5.32 Å². The van der Waals surface area contributed by atoms with Crippen LogP contribution in [-0.4, -0.2) is 19.3 Å². The van der Waals surface area contributed by atoms with Gasteiger partial charge < -0.3 is 10.1 Å². The third kappa shape index (κ3) is 4.52. The summed E-state index contributed by atoms with van der Waals surface area (Å²) >= 11 is 0. The van der Waals surface area contributed by atoms with Gasteiger partial charge >= 0.3 is 0 Å². The normalized spacial score (nSPS) is 22.9. The van der Waals surface area contributed by atoms with Gasteiger partial charge in [0.05, 0.1) is 6.10 Å². The molecule has 2 rings (SSSR count). The van der Waals surface area contributed by atoms with Crippen molar-refractivity contribution in [2.75, 3.05) is 13.2 Å². The minimum Gasteiger partial charge on any atom is -0.378 e. The summed E-state index contributed by atoms with van der Waals surface area (Å²) in [4.78, 5) is 0. The zero-order valence-corrected chi connectivity index (χ0v) is 13.5. The van der Waals surface area contributed by atoms with Crippen LogP contribution in [0.3, 0.4) is 0 Å². The molecule has 0 aliphatic heterocycles. The fraction of sp³-hybridized carbons (Fsp3) is 0.667. The van der Waals surface area contributed by atoms with Crippen LogP contribution in [0, 0.1) is 18.7 Å². The van der Waals surface area contributed by atoms with Crippen LogP contribution in [0.4, 0.5) is 4.39 Å². The monoisotopic (exact) mass is 293 g/mol. The molecular weight excluding hydrogens is 265 g/mol. The Morgan fingerprint density at radius 2 is 2.10 bits per heavy atom. The molecule has 1 atom stereocenters. The summed E-state index contributed by atoms with van der Waals surface area (Å²) in [6, 6.07) is 5.84. The van der Waals surface area contributed by atoms with Crippen molar-refractivity contribution in [2.45, 2.75) is 58.6 Å². The number of rotatable bonds is 8. The van der Waals surface area contributed by atoms with Crippen LogP contribution in [0.5, 0.6) is 0 Å². The average molecular weight is 293 g/mol. The van der Waals surface area contributed by atoms with Crippen molar-refractivity contribution in [2.24, 2.45) is 5.92 Å². The topological polar surface area (TPSA) is 21.3 Å². The third-order valence-corrected chi connectivity index (χ3v) is 4.39. The van der Waals surface area contributed by atoms with E-state index in [4.69, 9.17) is 4.74 Å². The maximum atomic E-state index is 13.5. The highest BCUT2D eigenvalue weighted by molar-refractivity contribution is 5.26. The van der Waals surface area contributed by atoms with Gasteiger partial charge in [0.2, 0.25) is 0 Å². The van der Waals surface area contributed by atoms with Crippen LogP contribution in [0.1, 0.15) is 56.7 Å². The van der Waals surface area contributed by atoms with Crippen molar-refractivity contribution in [3.8, 4) is 0 Å². The van der Waals surface area contributed by atoms with E-state index in [1.165, 1.54) is 18.4 Å². The summed E-state index contributed by atoms with van der Waals surface area (Å²) in [6.45, 7) is 7.88. The van der Waals surface area contributed by atoms with Gasteiger partial charge in [0.25, 0.3) is 0 Å². The molecule has 118 valence electrons. The minimum absolute atomic E-state index is 0.118. The molecule has 0 heterocycles. The summed E-state index contributed by atoms with van der Waals surface area (Å²) in [5.41, 5.74) is 1.94. The predicted octanol–water partition coefficient (Wildman–Crippen LogP) is 4.38. The van der Waals surface area contributed by atoms with E-state index in [1.54, 1.807) is 6.07 Å². The summed E-state index contributed by atoms with van der Waals surface area (Å²) in [6.07, 6.45) is 5.02. The predicted molar refractivity (Wildman–Crippen MR) is 84.9 cm³/mol. The maximum absolute atomic E-state index is 13.5. The molecule has 3 heteroatoms. The first-order chi connectivity index (χ1) is 10.1. The molecule has 1 fully saturated rings. The van der Waals surface area contributed by atoms with E-state index in [9.17, 15) is 4.39 Å². The molecule has 0 amide bonds. The van der Waals surface area contributed by atoms with E-state index in [0.29, 0.717) is 12.1 Å². The lowest BCUT2D eigenvalue weighted by atomic mass is 9.77. The largest absolute Gasteiger partial charge is 0.378 e. The van der Waals surface area contributed by atoms with Gasteiger partial charge in [-0.1, -0.05) is 19.1 Å². The Balaban J connectivity index is 1.96. The Bertz CT molecular complexity index is 443. The van der Waals surface area contributed by atoms with Crippen LogP contribution in [0.2, 0.25) is 0 Å². The second kappa shape index (κ2) is 7.90. The van der Waals surface area contributed by atoms with Crippen LogP contribution >= 0.6 is 0 Å². The van der Waals surface area contributed by atoms with Crippen LogP contribution < -0.4 is 5.32 Å². The Morgan fingerprint density at radius 1 is 1.33 bits per heavy atom. The number of ether oxygens (including phenoxy) is 1. The lowest BCUT2D eigenvalue weighted by Gasteiger charge is -2.37. The van der Waals surface area contributed by atoms with Crippen molar-refractivity contribution < 1.29 is 9.13 Å². The second-order valence-electron chi connectivity index (χ2n) is 6.17. The highest BCUT2D eigenvalue weighted by Gasteiger charge is 2.31. The van der Waals surface area contributed by atoms with Crippen molar-refractivity contribution in [1.29, 1.82) is 0 Å². The van der Waals surface area contributed by atoms with E-state index in [2.05, 4.69) is 19.2 Å². The van der Waals surface area contributed by atoms with Gasteiger partial charge in [0.15, 0.2) is 0 Å². The molecule has 1 aliphatic rings. The van der Waals surface area contributed by atoms with Crippen LogP contribution in [0.15, 0.2) is 18.2 Å². The lowest BCUT2D eigenvalue weighted by molar-refractivity contribution is -0.0291. The molecule has 0 spiro atoms. The first kappa shape index (κ1) is 16.4. The van der Waals surface area contributed by atoms with Crippen molar-refractivity contribution in [3.05, 3.63) is 35.1 Å². The number of halogens is 1. The van der Waals surface area contributed by atoms with Gasteiger partial charge in [-0.05, 0) is 69.2 Å². The minimum atomic E-state index is -0.118. The Kier molecular flexibility index (Phi) is 6.19. The van der Waals surface area contributed by atoms with E-state index in [1.807, 2.05) is 19.1 Å². The SMILES string of the molecule is CCCNC(CC1CC(OCC)C1)c1ccc(F)c(C)c1. The summed E-state index contributed by atoms with van der Waals surface area (Å²) in [5, 5.41) is 3.62. The molecule has 1 saturated carbocycles. The van der Waals surface area contributed by atoms with Gasteiger partial charge in [-0.3, -0.25) is 0 Å². The molecule has 1 N–H and O–H groups in total. The number of benzene rings is 1. The van der Waals surface area contributed by atoms with Crippen molar-refractivity contribution in [3.63, 3.8) is 0 Å². The zero-order valence-electron chi connectivity index (χ0n) is 13.5. The quantitative estimate of drug-likeness (QED) is 0.768. The fourth-order valence-electron chi connectivity index (χ4n) is 3.11. The van der Waals surface area contributed by atoms with Gasteiger partial charge in [0, 0.05) is 12.6 Å². The number of hydrogen-bond donors (Lipinski definition) is 1. The molecule has 1 aliphatic carbocycles. The molecule has 1 aromatic rings. The average Bonchev–Trinajstić information content (AvgIpc) is 2.43. The standard InChI is InChI=1S/C18H28FNO/c1-4-8-20-18(12-14-10-16(11-14)21-5-2)15-6-7-17(19)13(3)9-15/h6-7,9,14,16,18,20H,4-5,8,10-12H2,1-3H3. The highest BCUT2D eigenvalue weighted by Crippen LogP contribution is 2.37. The van der Waals surface area contributed by atoms with E-state index >= 15 is 0 Å². The summed E-state index contributed by atoms with van der Waals surface area (Å²) < 4.78 is 19.1.